The third-order valence-electron chi connectivity index (χ3n) is 3.78. The number of aromatic nitrogens is 2. The number of H-pyrrole nitrogens is 1. The van der Waals surface area contributed by atoms with E-state index in [1.54, 1.807) is 18.3 Å². The molecule has 1 aromatic carbocycles. The van der Waals surface area contributed by atoms with Gasteiger partial charge in [-0.1, -0.05) is 12.1 Å². The molecule has 0 amide bonds. The van der Waals surface area contributed by atoms with Crippen LogP contribution in [0.15, 0.2) is 29.3 Å². The lowest BCUT2D eigenvalue weighted by atomic mass is 10.2. The Morgan fingerprint density at radius 3 is 3.00 bits per heavy atom. The van der Waals surface area contributed by atoms with E-state index in [-0.39, 0.29) is 4.90 Å². The van der Waals surface area contributed by atoms with Crippen molar-refractivity contribution in [3.05, 3.63) is 41.2 Å². The number of benzene rings is 1. The summed E-state index contributed by atoms with van der Waals surface area (Å²) in [6.07, 6.45) is 2.44. The average molecular weight is 291 g/mol. The fraction of sp³-hybridized carbons (Fsp3) is 0.308. The van der Waals surface area contributed by atoms with Crippen LogP contribution in [0.2, 0.25) is 0 Å². The number of hydrogen-bond acceptors (Lipinski definition) is 4. The fourth-order valence-electron chi connectivity index (χ4n) is 2.73. The quantitative estimate of drug-likeness (QED) is 0.897. The van der Waals surface area contributed by atoms with Gasteiger partial charge in [0.2, 0.25) is 10.0 Å². The number of para-hydroxylation sites is 1. The Labute approximate surface area is 116 Å². The van der Waals surface area contributed by atoms with Crippen molar-refractivity contribution in [2.24, 2.45) is 0 Å². The van der Waals surface area contributed by atoms with Crippen LogP contribution >= 0.6 is 0 Å². The molecule has 0 radical (unpaired) electrons. The molecule has 7 heteroatoms. The molecule has 0 spiro atoms. The summed E-state index contributed by atoms with van der Waals surface area (Å²) in [6, 6.07) is 5.31. The summed E-state index contributed by atoms with van der Waals surface area (Å²) < 4.78 is 32.5. The summed E-state index contributed by atoms with van der Waals surface area (Å²) in [5.74, 6) is 0.515. The van der Waals surface area contributed by atoms with Gasteiger partial charge in [-0.05, 0) is 11.6 Å². The van der Waals surface area contributed by atoms with Crippen molar-refractivity contribution in [1.82, 2.24) is 14.5 Å². The van der Waals surface area contributed by atoms with Gasteiger partial charge in [-0.25, -0.2) is 8.42 Å². The molecule has 3 heterocycles. The summed E-state index contributed by atoms with van der Waals surface area (Å²) >= 11 is 0. The van der Waals surface area contributed by atoms with Crippen LogP contribution in [0.25, 0.3) is 0 Å². The third-order valence-corrected chi connectivity index (χ3v) is 5.60. The van der Waals surface area contributed by atoms with E-state index >= 15 is 0 Å². The molecule has 0 aliphatic carbocycles. The van der Waals surface area contributed by atoms with Crippen LogP contribution in [-0.2, 0) is 29.5 Å². The largest absolute Gasteiger partial charge is 0.492 e. The number of fused-ring (bicyclic) bond motifs is 2. The lowest BCUT2D eigenvalue weighted by Gasteiger charge is -2.17. The lowest BCUT2D eigenvalue weighted by Crippen LogP contribution is -2.26. The minimum absolute atomic E-state index is 0.269. The molecule has 0 fully saturated rings. The highest BCUT2D eigenvalue weighted by Gasteiger charge is 2.35. The average Bonchev–Trinajstić information content (AvgIpc) is 3.12. The van der Waals surface area contributed by atoms with Gasteiger partial charge >= 0.3 is 0 Å². The van der Waals surface area contributed by atoms with Crippen molar-refractivity contribution in [3.63, 3.8) is 0 Å². The Balaban J connectivity index is 1.75. The van der Waals surface area contributed by atoms with E-state index in [9.17, 15) is 8.42 Å². The van der Waals surface area contributed by atoms with Gasteiger partial charge in [-0.2, -0.15) is 9.40 Å². The number of nitrogens with one attached hydrogen (secondary N) is 1. The zero-order valence-corrected chi connectivity index (χ0v) is 11.5. The van der Waals surface area contributed by atoms with Crippen molar-refractivity contribution in [2.45, 2.75) is 24.4 Å². The number of sulfonamides is 1. The highest BCUT2D eigenvalue weighted by molar-refractivity contribution is 7.89. The van der Waals surface area contributed by atoms with E-state index in [1.807, 2.05) is 6.07 Å². The monoisotopic (exact) mass is 291 g/mol. The van der Waals surface area contributed by atoms with Gasteiger partial charge in [0, 0.05) is 18.5 Å². The Hall–Kier alpha value is -1.86. The van der Waals surface area contributed by atoms with E-state index in [4.69, 9.17) is 4.74 Å². The minimum Gasteiger partial charge on any atom is -0.492 e. The zero-order valence-electron chi connectivity index (χ0n) is 10.7. The molecule has 0 atom stereocenters. The van der Waals surface area contributed by atoms with Crippen molar-refractivity contribution in [1.29, 1.82) is 0 Å². The van der Waals surface area contributed by atoms with Crippen LogP contribution in [-0.4, -0.2) is 29.5 Å². The van der Waals surface area contributed by atoms with Crippen molar-refractivity contribution < 1.29 is 13.2 Å². The summed E-state index contributed by atoms with van der Waals surface area (Å²) in [5.41, 5.74) is 2.76. The van der Waals surface area contributed by atoms with Crippen LogP contribution in [0.5, 0.6) is 5.75 Å². The van der Waals surface area contributed by atoms with Gasteiger partial charge in [0.1, 0.15) is 10.6 Å². The number of hydrogen-bond donors (Lipinski definition) is 1. The second-order valence-corrected chi connectivity index (χ2v) is 6.90. The molecule has 20 heavy (non-hydrogen) atoms. The molecular weight excluding hydrogens is 278 g/mol. The Morgan fingerprint density at radius 1 is 1.25 bits per heavy atom. The van der Waals surface area contributed by atoms with E-state index in [2.05, 4.69) is 10.2 Å². The molecule has 1 aromatic heterocycles. The predicted octanol–water partition coefficient (Wildman–Crippen LogP) is 1.05. The molecule has 2 aliphatic rings. The van der Waals surface area contributed by atoms with Crippen LogP contribution in [0.4, 0.5) is 0 Å². The molecule has 1 N–H and O–H groups in total. The maximum Gasteiger partial charge on any atom is 0.247 e. The van der Waals surface area contributed by atoms with Gasteiger partial charge in [0.25, 0.3) is 0 Å². The van der Waals surface area contributed by atoms with Crippen molar-refractivity contribution >= 4 is 10.0 Å². The van der Waals surface area contributed by atoms with E-state index in [0.29, 0.717) is 25.4 Å². The van der Waals surface area contributed by atoms with Gasteiger partial charge < -0.3 is 4.74 Å². The van der Waals surface area contributed by atoms with Gasteiger partial charge in [0.05, 0.1) is 25.0 Å². The van der Waals surface area contributed by atoms with Crippen LogP contribution in [0.1, 0.15) is 16.8 Å². The summed E-state index contributed by atoms with van der Waals surface area (Å²) in [5, 5.41) is 6.76. The Morgan fingerprint density at radius 2 is 2.15 bits per heavy atom. The predicted molar refractivity (Wildman–Crippen MR) is 70.7 cm³/mol. The van der Waals surface area contributed by atoms with Crippen molar-refractivity contribution in [2.75, 3.05) is 6.61 Å². The number of aromatic amines is 1. The Kier molecular flexibility index (Phi) is 2.42. The van der Waals surface area contributed by atoms with Gasteiger partial charge in [-0.15, -0.1) is 0 Å². The third kappa shape index (κ3) is 1.60. The first-order valence-corrected chi connectivity index (χ1v) is 7.86. The standard InChI is InChI=1S/C13H13N3O3S/c17-20(18,16-7-10-6-14-15-11(10)8-16)12-3-1-2-9-4-5-19-13(9)12/h1-3,6H,4-5,7-8H2,(H,14,15). The zero-order chi connectivity index (χ0) is 13.7. The first-order valence-electron chi connectivity index (χ1n) is 6.42. The molecule has 2 aliphatic heterocycles. The SMILES string of the molecule is O=S(=O)(c1cccc2c1OCC2)N1Cc2cn[nH]c2C1. The van der Waals surface area contributed by atoms with Crippen LogP contribution in [0, 0.1) is 0 Å². The second kappa shape index (κ2) is 4.07. The summed E-state index contributed by atoms with van der Waals surface area (Å²) in [7, 11) is -3.54. The smallest absolute Gasteiger partial charge is 0.247 e. The fourth-order valence-corrected chi connectivity index (χ4v) is 4.29. The summed E-state index contributed by atoms with van der Waals surface area (Å²) in [6.45, 7) is 1.24. The summed E-state index contributed by atoms with van der Waals surface area (Å²) in [4.78, 5) is 0.269. The molecule has 0 saturated heterocycles. The maximum atomic E-state index is 12.8. The number of nitrogens with zero attached hydrogens (tertiary/aromatic N) is 2. The van der Waals surface area contributed by atoms with Gasteiger partial charge in [0.15, 0.2) is 0 Å². The van der Waals surface area contributed by atoms with Crippen LogP contribution in [0.3, 0.4) is 0 Å². The van der Waals surface area contributed by atoms with Crippen LogP contribution < -0.4 is 4.74 Å². The topological polar surface area (TPSA) is 75.3 Å². The molecular formula is C13H13N3O3S. The highest BCUT2D eigenvalue weighted by atomic mass is 32.2. The Bertz CT molecular complexity index is 761. The molecule has 0 saturated carbocycles. The number of rotatable bonds is 2. The molecule has 4 rings (SSSR count). The molecule has 2 aromatic rings. The maximum absolute atomic E-state index is 12.8. The first-order chi connectivity index (χ1) is 9.66. The normalized spacial score (nSPS) is 17.8. The van der Waals surface area contributed by atoms with E-state index < -0.39 is 10.0 Å². The molecule has 104 valence electrons. The first kappa shape index (κ1) is 11.9. The second-order valence-electron chi connectivity index (χ2n) is 4.99. The molecule has 0 unspecified atom stereocenters. The minimum atomic E-state index is -3.54. The van der Waals surface area contributed by atoms with E-state index in [1.165, 1.54) is 4.31 Å². The molecule has 0 bridgehead atoms. The molecule has 6 nitrogen and oxygen atoms in total. The number of ether oxygens (including phenoxy) is 1. The van der Waals surface area contributed by atoms with E-state index in [0.717, 1.165) is 23.2 Å². The van der Waals surface area contributed by atoms with Gasteiger partial charge in [-0.3, -0.25) is 5.10 Å². The van der Waals surface area contributed by atoms with Crippen molar-refractivity contribution in [3.8, 4) is 5.75 Å². The lowest BCUT2D eigenvalue weighted by molar-refractivity contribution is 0.345. The highest BCUT2D eigenvalue weighted by Crippen LogP contribution is 2.36.